The summed E-state index contributed by atoms with van der Waals surface area (Å²) in [4.78, 5) is 17.2. The second-order valence-electron chi connectivity index (χ2n) is 8.86. The third-order valence-corrected chi connectivity index (χ3v) is 6.74. The normalized spacial score (nSPS) is 14.6. The molecule has 3 aromatic rings. The fourth-order valence-electron chi connectivity index (χ4n) is 4.66. The van der Waals surface area contributed by atoms with Crippen LogP contribution in [0.3, 0.4) is 0 Å². The van der Waals surface area contributed by atoms with Crippen molar-refractivity contribution in [2.75, 3.05) is 49.9 Å². The molecule has 1 amide bonds. The Hall–Kier alpha value is -3.26. The van der Waals surface area contributed by atoms with E-state index in [9.17, 15) is 4.79 Å². The van der Waals surface area contributed by atoms with Gasteiger partial charge in [-0.3, -0.25) is 9.69 Å². The molecule has 4 rings (SSSR count). The Morgan fingerprint density at radius 3 is 2.19 bits per heavy atom. The molecule has 7 heteroatoms. The van der Waals surface area contributed by atoms with E-state index in [0.29, 0.717) is 18.2 Å². The largest absolute Gasteiger partial charge is 0.339 e. The maximum Gasteiger partial charge on any atom is 0.253 e. The summed E-state index contributed by atoms with van der Waals surface area (Å²) < 4.78 is 0. The summed E-state index contributed by atoms with van der Waals surface area (Å²) >= 11 is 5.55. The van der Waals surface area contributed by atoms with Gasteiger partial charge in [-0.2, -0.15) is 0 Å². The van der Waals surface area contributed by atoms with E-state index >= 15 is 0 Å². The number of nitrogens with one attached hydrogen (secondary N) is 3. The van der Waals surface area contributed by atoms with Gasteiger partial charge in [0.25, 0.3) is 5.91 Å². The summed E-state index contributed by atoms with van der Waals surface area (Å²) in [6.07, 6.45) is 0. The molecule has 0 bridgehead atoms. The van der Waals surface area contributed by atoms with Gasteiger partial charge in [0.05, 0.1) is 6.04 Å². The molecule has 0 spiro atoms. The van der Waals surface area contributed by atoms with E-state index < -0.39 is 0 Å². The monoisotopic (exact) mass is 501 g/mol. The van der Waals surface area contributed by atoms with Gasteiger partial charge in [0, 0.05) is 56.2 Å². The predicted octanol–water partition coefficient (Wildman–Crippen LogP) is 4.97. The number of hydrogen-bond acceptors (Lipinski definition) is 4. The number of para-hydroxylation sites is 1. The first kappa shape index (κ1) is 25.8. The molecule has 3 aromatic carbocycles. The second-order valence-corrected chi connectivity index (χ2v) is 9.27. The van der Waals surface area contributed by atoms with Crippen LogP contribution in [-0.2, 0) is 0 Å². The predicted molar refractivity (Wildman–Crippen MR) is 153 cm³/mol. The third kappa shape index (κ3) is 6.49. The molecule has 0 aromatic heterocycles. The van der Waals surface area contributed by atoms with Crippen LogP contribution in [-0.4, -0.2) is 60.1 Å². The van der Waals surface area contributed by atoms with Gasteiger partial charge in [-0.15, -0.1) is 0 Å². The van der Waals surface area contributed by atoms with E-state index in [1.807, 2.05) is 67.3 Å². The molecule has 6 nitrogen and oxygen atoms in total. The molecule has 0 saturated carbocycles. The average Bonchev–Trinajstić information content (AvgIpc) is 2.91. The van der Waals surface area contributed by atoms with Crippen LogP contribution in [0.5, 0.6) is 0 Å². The van der Waals surface area contributed by atoms with Crippen LogP contribution in [0, 0.1) is 0 Å². The zero-order valence-electron chi connectivity index (χ0n) is 21.0. The zero-order valence-corrected chi connectivity index (χ0v) is 21.9. The fourth-order valence-corrected chi connectivity index (χ4v) is 4.89. The molecule has 1 atom stereocenters. The number of hydrogen-bond donors (Lipinski definition) is 3. The summed E-state index contributed by atoms with van der Waals surface area (Å²) in [6.45, 7) is 9.27. The van der Waals surface area contributed by atoms with Crippen molar-refractivity contribution in [1.29, 1.82) is 0 Å². The van der Waals surface area contributed by atoms with Crippen LogP contribution in [0.15, 0.2) is 78.9 Å². The lowest BCUT2D eigenvalue weighted by Gasteiger charge is -2.36. The highest BCUT2D eigenvalue weighted by molar-refractivity contribution is 7.80. The van der Waals surface area contributed by atoms with Crippen molar-refractivity contribution in [3.05, 3.63) is 95.6 Å². The molecule has 0 radical (unpaired) electrons. The summed E-state index contributed by atoms with van der Waals surface area (Å²) in [5, 5.41) is 10.6. The Kier molecular flexibility index (Phi) is 9.06. The minimum absolute atomic E-state index is 0.0795. The molecule has 1 aliphatic rings. The van der Waals surface area contributed by atoms with Gasteiger partial charge >= 0.3 is 0 Å². The van der Waals surface area contributed by atoms with Gasteiger partial charge in [-0.25, -0.2) is 0 Å². The summed E-state index contributed by atoms with van der Waals surface area (Å²) in [7, 11) is 0. The lowest BCUT2D eigenvalue weighted by molar-refractivity contribution is 0.0773. The van der Waals surface area contributed by atoms with E-state index in [2.05, 4.69) is 51.2 Å². The van der Waals surface area contributed by atoms with Crippen molar-refractivity contribution in [3.8, 4) is 0 Å². The number of amides is 1. The lowest BCUT2D eigenvalue weighted by Crippen LogP contribution is -2.45. The number of benzene rings is 3. The second kappa shape index (κ2) is 12.6. The highest BCUT2D eigenvalue weighted by Gasteiger charge is 2.25. The van der Waals surface area contributed by atoms with Crippen LogP contribution < -0.4 is 16.0 Å². The van der Waals surface area contributed by atoms with E-state index in [4.69, 9.17) is 12.2 Å². The van der Waals surface area contributed by atoms with Crippen molar-refractivity contribution in [2.45, 2.75) is 19.9 Å². The molecule has 1 aliphatic heterocycles. The van der Waals surface area contributed by atoms with E-state index in [-0.39, 0.29) is 11.9 Å². The molecule has 1 heterocycles. The van der Waals surface area contributed by atoms with Crippen molar-refractivity contribution < 1.29 is 4.79 Å². The van der Waals surface area contributed by atoms with Crippen molar-refractivity contribution in [2.24, 2.45) is 0 Å². The Bertz CT molecular complexity index is 1140. The SMILES string of the molecule is CCN(CC)C(=O)c1ccc(C(c2cccc(NC(=S)Nc3ccccc3)c2)N2CCNCC2)cc1. The average molecular weight is 502 g/mol. The summed E-state index contributed by atoms with van der Waals surface area (Å²) in [6, 6.07) is 26.6. The van der Waals surface area contributed by atoms with Crippen molar-refractivity contribution >= 4 is 34.6 Å². The molecule has 0 aliphatic carbocycles. The van der Waals surface area contributed by atoms with E-state index in [1.165, 1.54) is 11.1 Å². The summed E-state index contributed by atoms with van der Waals surface area (Å²) in [5.74, 6) is 0.0795. The van der Waals surface area contributed by atoms with Crippen molar-refractivity contribution in [3.63, 3.8) is 0 Å². The number of rotatable bonds is 8. The van der Waals surface area contributed by atoms with Gasteiger partial charge in [0.2, 0.25) is 0 Å². The van der Waals surface area contributed by atoms with Gasteiger partial charge in [0.15, 0.2) is 5.11 Å². The minimum atomic E-state index is 0.0795. The van der Waals surface area contributed by atoms with Crippen LogP contribution >= 0.6 is 12.2 Å². The number of thiocarbonyl (C=S) groups is 1. The van der Waals surface area contributed by atoms with Gasteiger partial charge in [0.1, 0.15) is 0 Å². The molecule has 36 heavy (non-hydrogen) atoms. The number of piperazine rings is 1. The number of anilines is 2. The molecular weight excluding hydrogens is 466 g/mol. The Balaban J connectivity index is 1.57. The van der Waals surface area contributed by atoms with Crippen LogP contribution in [0.25, 0.3) is 0 Å². The minimum Gasteiger partial charge on any atom is -0.339 e. The van der Waals surface area contributed by atoms with Crippen LogP contribution in [0.1, 0.15) is 41.4 Å². The van der Waals surface area contributed by atoms with Gasteiger partial charge in [-0.05, 0) is 73.6 Å². The molecule has 188 valence electrons. The van der Waals surface area contributed by atoms with Crippen LogP contribution in [0.2, 0.25) is 0 Å². The topological polar surface area (TPSA) is 59.6 Å². The standard InChI is InChI=1S/C29H35N5OS/c1-3-33(4-2)28(35)23-15-13-22(14-16-23)27(34-19-17-30-18-20-34)24-9-8-12-26(21-24)32-29(36)31-25-10-6-5-7-11-25/h5-16,21,27,30H,3-4,17-20H2,1-2H3,(H2,31,32,36). The third-order valence-electron chi connectivity index (χ3n) is 6.53. The Morgan fingerprint density at radius 2 is 1.53 bits per heavy atom. The number of nitrogens with zero attached hydrogens (tertiary/aromatic N) is 2. The molecule has 1 fully saturated rings. The lowest BCUT2D eigenvalue weighted by atomic mass is 9.95. The van der Waals surface area contributed by atoms with Crippen LogP contribution in [0.4, 0.5) is 11.4 Å². The first-order valence-corrected chi connectivity index (χ1v) is 13.1. The molecule has 3 N–H and O–H groups in total. The fraction of sp³-hybridized carbons (Fsp3) is 0.310. The number of carbonyl (C=O) groups is 1. The highest BCUT2D eigenvalue weighted by atomic mass is 32.1. The Morgan fingerprint density at radius 1 is 0.889 bits per heavy atom. The first-order valence-electron chi connectivity index (χ1n) is 12.7. The maximum atomic E-state index is 12.8. The first-order chi connectivity index (χ1) is 17.6. The molecule has 1 unspecified atom stereocenters. The maximum absolute atomic E-state index is 12.8. The quantitative estimate of drug-likeness (QED) is 0.379. The number of carbonyl (C=O) groups excluding carboxylic acids is 1. The van der Waals surface area contributed by atoms with E-state index in [1.54, 1.807) is 0 Å². The molecular formula is C29H35N5OS. The molecule has 1 saturated heterocycles. The smallest absolute Gasteiger partial charge is 0.253 e. The van der Waals surface area contributed by atoms with Crippen molar-refractivity contribution in [1.82, 2.24) is 15.1 Å². The highest BCUT2D eigenvalue weighted by Crippen LogP contribution is 2.31. The van der Waals surface area contributed by atoms with Gasteiger partial charge < -0.3 is 20.9 Å². The zero-order chi connectivity index (χ0) is 25.3. The Labute approximate surface area is 219 Å². The van der Waals surface area contributed by atoms with Gasteiger partial charge in [-0.1, -0.05) is 42.5 Å². The van der Waals surface area contributed by atoms with E-state index in [0.717, 1.165) is 43.1 Å². The summed E-state index contributed by atoms with van der Waals surface area (Å²) in [5.41, 5.74) is 4.98.